The lowest BCUT2D eigenvalue weighted by Gasteiger charge is -2.38. The lowest BCUT2D eigenvalue weighted by molar-refractivity contribution is -0.0276. The van der Waals surface area contributed by atoms with Crippen molar-refractivity contribution in [3.05, 3.63) is 94.7 Å². The molecule has 7 heteroatoms. The maximum Gasteiger partial charge on any atom is 0.287 e. The van der Waals surface area contributed by atoms with E-state index in [1.165, 1.54) is 11.1 Å². The summed E-state index contributed by atoms with van der Waals surface area (Å²) in [4.78, 5) is 15.1. The minimum Gasteiger partial charge on any atom is -0.454 e. The predicted octanol–water partition coefficient (Wildman–Crippen LogP) is 4.88. The van der Waals surface area contributed by atoms with Crippen molar-refractivity contribution in [1.29, 1.82) is 0 Å². The molecule has 7 nitrogen and oxygen atoms in total. The molecule has 0 aliphatic carbocycles. The van der Waals surface area contributed by atoms with Gasteiger partial charge in [0, 0.05) is 31.6 Å². The number of aliphatic hydroxyl groups is 1. The van der Waals surface area contributed by atoms with Crippen LogP contribution in [0.5, 0.6) is 11.5 Å². The van der Waals surface area contributed by atoms with Crippen molar-refractivity contribution in [3.8, 4) is 11.5 Å². The molecule has 0 atom stereocenters. The molecule has 0 bridgehead atoms. The molecule has 1 aromatic heterocycles. The Hall–Kier alpha value is -3.81. The summed E-state index contributed by atoms with van der Waals surface area (Å²) >= 11 is 0. The van der Waals surface area contributed by atoms with Crippen LogP contribution in [-0.2, 0) is 18.7 Å². The number of piperidine rings is 1. The number of furan rings is 1. The van der Waals surface area contributed by atoms with Crippen molar-refractivity contribution in [2.75, 3.05) is 19.9 Å². The van der Waals surface area contributed by atoms with Crippen LogP contribution in [0.25, 0.3) is 11.0 Å². The number of ether oxygens (including phenoxy) is 2. The Kier molecular flexibility index (Phi) is 6.10. The standard InChI is InChI=1S/C30H30N2O5/c1-20-2-4-21(5-3-20)18-32-12-10-30(34,11-13-32)24-7-9-25-23(15-24)16-28(37-25)29(33)31-17-22-6-8-26-27(14-22)36-19-35-26/h2-9,14-16,34H,10-13,17-19H2,1H3,(H,31,33). The third kappa shape index (κ3) is 4.92. The highest BCUT2D eigenvalue weighted by atomic mass is 16.7. The number of nitrogens with zero attached hydrogens (tertiary/aromatic N) is 1. The fourth-order valence-corrected chi connectivity index (χ4v) is 5.09. The largest absolute Gasteiger partial charge is 0.454 e. The predicted molar refractivity (Wildman–Crippen MR) is 140 cm³/mol. The van der Waals surface area contributed by atoms with Gasteiger partial charge in [0.1, 0.15) is 5.58 Å². The zero-order valence-corrected chi connectivity index (χ0v) is 20.8. The first-order valence-corrected chi connectivity index (χ1v) is 12.7. The Labute approximate surface area is 215 Å². The number of aryl methyl sites for hydroxylation is 1. The summed E-state index contributed by atoms with van der Waals surface area (Å²) in [5.41, 5.74) is 4.06. The van der Waals surface area contributed by atoms with E-state index in [0.717, 1.165) is 36.1 Å². The molecule has 1 fully saturated rings. The smallest absolute Gasteiger partial charge is 0.287 e. The third-order valence-corrected chi connectivity index (χ3v) is 7.38. The molecule has 1 saturated heterocycles. The number of amides is 1. The lowest BCUT2D eigenvalue weighted by atomic mass is 9.84. The van der Waals surface area contributed by atoms with Gasteiger partial charge in [-0.25, -0.2) is 0 Å². The molecular formula is C30H30N2O5. The Morgan fingerprint density at radius 1 is 0.946 bits per heavy atom. The van der Waals surface area contributed by atoms with E-state index in [9.17, 15) is 9.90 Å². The summed E-state index contributed by atoms with van der Waals surface area (Å²) < 4.78 is 16.5. The molecule has 4 aromatic rings. The van der Waals surface area contributed by atoms with Crippen LogP contribution >= 0.6 is 0 Å². The molecule has 3 aromatic carbocycles. The van der Waals surface area contributed by atoms with E-state index in [4.69, 9.17) is 13.9 Å². The first kappa shape index (κ1) is 23.6. The highest BCUT2D eigenvalue weighted by molar-refractivity contribution is 5.96. The van der Waals surface area contributed by atoms with Crippen molar-refractivity contribution in [2.45, 2.75) is 38.5 Å². The van der Waals surface area contributed by atoms with Crippen molar-refractivity contribution < 1.29 is 23.8 Å². The Balaban J connectivity index is 1.10. The van der Waals surface area contributed by atoms with Gasteiger partial charge in [0.2, 0.25) is 6.79 Å². The fourth-order valence-electron chi connectivity index (χ4n) is 5.09. The normalized spacial score (nSPS) is 16.7. The summed E-state index contributed by atoms with van der Waals surface area (Å²) in [5.74, 6) is 1.34. The number of likely N-dealkylation sites (tertiary alicyclic amines) is 1. The van der Waals surface area contributed by atoms with Crippen molar-refractivity contribution in [1.82, 2.24) is 10.2 Å². The van der Waals surface area contributed by atoms with E-state index in [0.29, 0.717) is 36.5 Å². The molecule has 2 N–H and O–H groups in total. The van der Waals surface area contributed by atoms with Gasteiger partial charge in [-0.1, -0.05) is 42.0 Å². The third-order valence-electron chi connectivity index (χ3n) is 7.38. The summed E-state index contributed by atoms with van der Waals surface area (Å²) in [5, 5.41) is 15.2. The van der Waals surface area contributed by atoms with Crippen LogP contribution in [-0.4, -0.2) is 35.8 Å². The van der Waals surface area contributed by atoms with Crippen LogP contribution < -0.4 is 14.8 Å². The topological polar surface area (TPSA) is 84.2 Å². The zero-order valence-electron chi connectivity index (χ0n) is 20.8. The summed E-state index contributed by atoms with van der Waals surface area (Å²) in [6, 6.07) is 21.7. The quantitative estimate of drug-likeness (QED) is 0.394. The Bertz CT molecular complexity index is 1430. The number of carbonyl (C=O) groups is 1. The van der Waals surface area contributed by atoms with Gasteiger partial charge in [-0.3, -0.25) is 9.69 Å². The number of hydrogen-bond acceptors (Lipinski definition) is 6. The maximum atomic E-state index is 12.8. The summed E-state index contributed by atoms with van der Waals surface area (Å²) in [6.07, 6.45) is 1.32. The number of rotatable bonds is 6. The molecule has 6 rings (SSSR count). The number of carbonyl (C=O) groups excluding carboxylic acids is 1. The van der Waals surface area contributed by atoms with Crippen LogP contribution in [0.1, 0.15) is 45.7 Å². The fraction of sp³-hybridized carbons (Fsp3) is 0.300. The van der Waals surface area contributed by atoms with Crippen LogP contribution in [0, 0.1) is 6.92 Å². The molecule has 2 aliphatic heterocycles. The molecule has 0 radical (unpaired) electrons. The van der Waals surface area contributed by atoms with Crippen LogP contribution in [0.3, 0.4) is 0 Å². The number of fused-ring (bicyclic) bond motifs is 2. The second-order valence-corrected chi connectivity index (χ2v) is 10.0. The van der Waals surface area contributed by atoms with Crippen LogP contribution in [0.4, 0.5) is 0 Å². The van der Waals surface area contributed by atoms with E-state index in [-0.39, 0.29) is 18.5 Å². The number of hydrogen-bond donors (Lipinski definition) is 2. The van der Waals surface area contributed by atoms with Crippen molar-refractivity contribution in [2.24, 2.45) is 0 Å². The van der Waals surface area contributed by atoms with Gasteiger partial charge in [-0.15, -0.1) is 0 Å². The van der Waals surface area contributed by atoms with E-state index < -0.39 is 5.60 Å². The highest BCUT2D eigenvalue weighted by Crippen LogP contribution is 2.36. The molecular weight excluding hydrogens is 468 g/mol. The van der Waals surface area contributed by atoms with Gasteiger partial charge in [0.25, 0.3) is 5.91 Å². The monoisotopic (exact) mass is 498 g/mol. The molecule has 2 aliphatic rings. The Morgan fingerprint density at radius 3 is 2.51 bits per heavy atom. The molecule has 1 amide bonds. The number of benzene rings is 3. The molecule has 0 spiro atoms. The van der Waals surface area contributed by atoms with Gasteiger partial charge >= 0.3 is 0 Å². The average Bonchev–Trinajstić information content (AvgIpc) is 3.56. The van der Waals surface area contributed by atoms with Crippen LogP contribution in [0.2, 0.25) is 0 Å². The van der Waals surface area contributed by atoms with Crippen molar-refractivity contribution in [3.63, 3.8) is 0 Å². The van der Waals surface area contributed by atoms with Gasteiger partial charge in [-0.05, 0) is 66.8 Å². The average molecular weight is 499 g/mol. The van der Waals surface area contributed by atoms with E-state index >= 15 is 0 Å². The van der Waals surface area contributed by atoms with Crippen molar-refractivity contribution >= 4 is 16.9 Å². The molecule has 190 valence electrons. The molecule has 37 heavy (non-hydrogen) atoms. The minimum absolute atomic E-state index is 0.215. The van der Waals surface area contributed by atoms with Gasteiger partial charge < -0.3 is 24.3 Å². The molecule has 0 saturated carbocycles. The lowest BCUT2D eigenvalue weighted by Crippen LogP contribution is -2.42. The van der Waals surface area contributed by atoms with Gasteiger partial charge in [0.15, 0.2) is 17.3 Å². The molecule has 0 unspecified atom stereocenters. The maximum absolute atomic E-state index is 12.8. The second kappa shape index (κ2) is 9.57. The van der Waals surface area contributed by atoms with Gasteiger partial charge in [-0.2, -0.15) is 0 Å². The van der Waals surface area contributed by atoms with Gasteiger partial charge in [0.05, 0.1) is 5.60 Å². The van der Waals surface area contributed by atoms with E-state index in [1.807, 2.05) is 36.4 Å². The second-order valence-electron chi connectivity index (χ2n) is 10.0. The SMILES string of the molecule is Cc1ccc(CN2CCC(O)(c3ccc4oc(C(=O)NCc5ccc6c(c5)OCO6)cc4c3)CC2)cc1. The summed E-state index contributed by atoms with van der Waals surface area (Å²) in [6.45, 7) is 5.19. The first-order valence-electron chi connectivity index (χ1n) is 12.7. The van der Waals surface area contributed by atoms with Crippen LogP contribution in [0.15, 0.2) is 71.1 Å². The zero-order chi connectivity index (χ0) is 25.4. The molecule has 3 heterocycles. The Morgan fingerprint density at radius 2 is 1.70 bits per heavy atom. The van der Waals surface area contributed by atoms with E-state index in [1.54, 1.807) is 6.07 Å². The number of nitrogens with one attached hydrogen (secondary N) is 1. The summed E-state index contributed by atoms with van der Waals surface area (Å²) in [7, 11) is 0. The highest BCUT2D eigenvalue weighted by Gasteiger charge is 2.34. The van der Waals surface area contributed by atoms with E-state index in [2.05, 4.69) is 41.4 Å². The minimum atomic E-state index is -0.892. The first-order chi connectivity index (χ1) is 17.9.